The van der Waals surface area contributed by atoms with Crippen LogP contribution in [-0.2, 0) is 11.4 Å². The first kappa shape index (κ1) is 23.9. The van der Waals surface area contributed by atoms with Crippen molar-refractivity contribution in [2.24, 2.45) is 11.1 Å². The maximum Gasteiger partial charge on any atom is 0.270 e. The van der Waals surface area contributed by atoms with Crippen LogP contribution in [0.4, 0.5) is 4.39 Å². The number of carbonyl (C=O) groups is 1. The van der Waals surface area contributed by atoms with E-state index in [1.165, 1.54) is 13.2 Å². The number of amides is 1. The fourth-order valence-electron chi connectivity index (χ4n) is 3.94. The van der Waals surface area contributed by atoms with Gasteiger partial charge >= 0.3 is 0 Å². The molecule has 2 N–H and O–H groups in total. The van der Waals surface area contributed by atoms with Crippen molar-refractivity contribution in [2.45, 2.75) is 38.8 Å². The minimum Gasteiger partial charge on any atom is -0.494 e. The molecule has 1 atom stereocenters. The first-order valence-corrected chi connectivity index (χ1v) is 10.4. The maximum atomic E-state index is 13.6. The summed E-state index contributed by atoms with van der Waals surface area (Å²) in [5.74, 6) is 0.301. The van der Waals surface area contributed by atoms with Gasteiger partial charge in [0.25, 0.3) is 5.91 Å². The Labute approximate surface area is 192 Å². The van der Waals surface area contributed by atoms with E-state index in [4.69, 9.17) is 9.57 Å². The average Bonchev–Trinajstić information content (AvgIpc) is 3.29. The summed E-state index contributed by atoms with van der Waals surface area (Å²) in [5.41, 5.74) is 2.32. The molecule has 8 nitrogen and oxygen atoms in total. The Bertz CT molecular complexity index is 998. The number of rotatable bonds is 6. The zero-order chi connectivity index (χ0) is 21.8. The fourth-order valence-corrected chi connectivity index (χ4v) is 3.94. The molecular weight excluding hydrogens is 437 g/mol. The first-order chi connectivity index (χ1) is 15.0. The second-order valence-electron chi connectivity index (χ2n) is 7.81. The van der Waals surface area contributed by atoms with E-state index in [1.54, 1.807) is 25.1 Å². The number of nitrogens with one attached hydrogen (secondary N) is 2. The van der Waals surface area contributed by atoms with Crippen LogP contribution in [0.25, 0.3) is 0 Å². The van der Waals surface area contributed by atoms with Gasteiger partial charge in [0.15, 0.2) is 11.6 Å². The van der Waals surface area contributed by atoms with E-state index in [9.17, 15) is 9.18 Å². The molecule has 1 aromatic heterocycles. The molecule has 172 valence electrons. The Hall–Kier alpha value is -2.78. The number of benzene rings is 1. The molecule has 1 amide bonds. The number of methoxy groups -OCH3 is 1. The van der Waals surface area contributed by atoms with Crippen molar-refractivity contribution < 1.29 is 18.8 Å². The number of oxime groups is 1. The second kappa shape index (κ2) is 10.7. The summed E-state index contributed by atoms with van der Waals surface area (Å²) in [5, 5.41) is 10.4. The predicted molar refractivity (Wildman–Crippen MR) is 120 cm³/mol. The Morgan fingerprint density at radius 2 is 2.06 bits per heavy atom. The summed E-state index contributed by atoms with van der Waals surface area (Å²) in [6.07, 6.45) is 2.87. The molecule has 0 aliphatic carbocycles. The summed E-state index contributed by atoms with van der Waals surface area (Å²) >= 11 is 0. The Kier molecular flexibility index (Phi) is 7.98. The third-order valence-electron chi connectivity index (χ3n) is 5.64. The molecule has 0 saturated carbocycles. The van der Waals surface area contributed by atoms with Gasteiger partial charge in [-0.15, -0.1) is 12.4 Å². The van der Waals surface area contributed by atoms with Gasteiger partial charge in [-0.3, -0.25) is 4.79 Å². The molecule has 10 heteroatoms. The number of carbonyl (C=O) groups excluding carboxylic acids is 1. The van der Waals surface area contributed by atoms with Gasteiger partial charge in [-0.05, 0) is 56.6 Å². The van der Waals surface area contributed by atoms with Gasteiger partial charge in [0.05, 0.1) is 12.8 Å². The SMILES string of the molecule is COc1cc(CNC(=O)c2cc(C3=NOC(C4CCNCC4)C3)nc(C)n2)ccc1F.Cl. The largest absolute Gasteiger partial charge is 0.494 e. The van der Waals surface area contributed by atoms with E-state index in [0.29, 0.717) is 23.9 Å². The normalized spacial score (nSPS) is 18.3. The molecule has 3 heterocycles. The molecule has 1 unspecified atom stereocenters. The molecule has 0 radical (unpaired) electrons. The maximum absolute atomic E-state index is 13.6. The fraction of sp³-hybridized carbons (Fsp3) is 0.455. The zero-order valence-corrected chi connectivity index (χ0v) is 18.9. The van der Waals surface area contributed by atoms with Crippen LogP contribution >= 0.6 is 12.4 Å². The van der Waals surface area contributed by atoms with Crippen LogP contribution in [0.15, 0.2) is 29.4 Å². The molecule has 1 saturated heterocycles. The van der Waals surface area contributed by atoms with Gasteiger partial charge < -0.3 is 20.2 Å². The zero-order valence-electron chi connectivity index (χ0n) is 18.1. The van der Waals surface area contributed by atoms with Crippen LogP contribution in [0, 0.1) is 18.7 Å². The number of hydrogen-bond donors (Lipinski definition) is 2. The smallest absolute Gasteiger partial charge is 0.270 e. The van der Waals surface area contributed by atoms with Crippen molar-refractivity contribution in [1.29, 1.82) is 0 Å². The number of piperidine rings is 1. The molecule has 4 rings (SSSR count). The molecule has 32 heavy (non-hydrogen) atoms. The number of aryl methyl sites for hydroxylation is 1. The molecule has 1 fully saturated rings. The number of halogens is 2. The van der Waals surface area contributed by atoms with E-state index in [1.807, 2.05) is 0 Å². The summed E-state index contributed by atoms with van der Waals surface area (Å²) in [6.45, 7) is 3.95. The summed E-state index contributed by atoms with van der Waals surface area (Å²) in [7, 11) is 1.40. The Morgan fingerprint density at radius 1 is 1.28 bits per heavy atom. The third kappa shape index (κ3) is 5.52. The van der Waals surface area contributed by atoms with E-state index in [2.05, 4.69) is 25.8 Å². The summed E-state index contributed by atoms with van der Waals surface area (Å²) < 4.78 is 18.5. The highest BCUT2D eigenvalue weighted by Gasteiger charge is 2.32. The van der Waals surface area contributed by atoms with Crippen molar-refractivity contribution in [2.75, 3.05) is 20.2 Å². The minimum absolute atomic E-state index is 0. The van der Waals surface area contributed by atoms with E-state index in [-0.39, 0.29) is 42.4 Å². The van der Waals surface area contributed by atoms with Crippen LogP contribution in [0.1, 0.15) is 46.8 Å². The van der Waals surface area contributed by atoms with Crippen LogP contribution in [-0.4, -0.2) is 47.9 Å². The number of ether oxygens (including phenoxy) is 1. The number of nitrogens with zero attached hydrogens (tertiary/aromatic N) is 3. The second-order valence-corrected chi connectivity index (χ2v) is 7.81. The van der Waals surface area contributed by atoms with Gasteiger partial charge in [-0.2, -0.15) is 0 Å². The van der Waals surface area contributed by atoms with Crippen molar-refractivity contribution >= 4 is 24.0 Å². The summed E-state index contributed by atoms with van der Waals surface area (Å²) in [4.78, 5) is 27.1. The lowest BCUT2D eigenvalue weighted by Gasteiger charge is -2.26. The molecule has 2 aromatic rings. The molecule has 2 aliphatic heterocycles. The topological polar surface area (TPSA) is 97.7 Å². The van der Waals surface area contributed by atoms with Crippen LogP contribution in [0.2, 0.25) is 0 Å². The predicted octanol–water partition coefficient (Wildman–Crippen LogP) is 2.78. The quantitative estimate of drug-likeness (QED) is 0.683. The highest BCUT2D eigenvalue weighted by molar-refractivity contribution is 6.01. The summed E-state index contributed by atoms with van der Waals surface area (Å²) in [6, 6.07) is 6.10. The molecule has 2 aliphatic rings. The lowest BCUT2D eigenvalue weighted by atomic mass is 9.89. The highest BCUT2D eigenvalue weighted by Crippen LogP contribution is 2.27. The lowest BCUT2D eigenvalue weighted by Crippen LogP contribution is -2.34. The van der Waals surface area contributed by atoms with Crippen LogP contribution < -0.4 is 15.4 Å². The van der Waals surface area contributed by atoms with Gasteiger partial charge in [0.2, 0.25) is 0 Å². The van der Waals surface area contributed by atoms with E-state index < -0.39 is 5.82 Å². The molecule has 0 bridgehead atoms. The van der Waals surface area contributed by atoms with Crippen molar-refractivity contribution in [1.82, 2.24) is 20.6 Å². The van der Waals surface area contributed by atoms with Crippen molar-refractivity contribution in [3.63, 3.8) is 0 Å². The van der Waals surface area contributed by atoms with Crippen molar-refractivity contribution in [3.8, 4) is 5.75 Å². The van der Waals surface area contributed by atoms with Gasteiger partial charge in [0.1, 0.15) is 23.3 Å². The molecule has 0 spiro atoms. The van der Waals surface area contributed by atoms with Gasteiger partial charge in [-0.25, -0.2) is 14.4 Å². The lowest BCUT2D eigenvalue weighted by molar-refractivity contribution is 0.0293. The van der Waals surface area contributed by atoms with Crippen LogP contribution in [0.3, 0.4) is 0 Å². The van der Waals surface area contributed by atoms with Crippen molar-refractivity contribution in [3.05, 3.63) is 52.9 Å². The standard InChI is InChI=1S/C22H26FN5O3.ClH/c1-13-26-17(18-11-20(31-28-18)15-5-7-24-8-6-15)10-19(27-13)22(29)25-12-14-3-4-16(23)21(9-14)30-2;/h3-4,9-10,15,20,24H,5-8,11-12H2,1-2H3,(H,25,29);1H. The Balaban J connectivity index is 0.00000289. The number of hydrogen-bond acceptors (Lipinski definition) is 7. The highest BCUT2D eigenvalue weighted by atomic mass is 35.5. The average molecular weight is 464 g/mol. The van der Waals surface area contributed by atoms with Gasteiger partial charge in [-0.1, -0.05) is 11.2 Å². The molecule has 1 aromatic carbocycles. The first-order valence-electron chi connectivity index (χ1n) is 10.4. The third-order valence-corrected chi connectivity index (χ3v) is 5.64. The van der Waals surface area contributed by atoms with Gasteiger partial charge in [0, 0.05) is 18.9 Å². The van der Waals surface area contributed by atoms with Crippen LogP contribution in [0.5, 0.6) is 5.75 Å². The molecular formula is C22H27ClFN5O3. The minimum atomic E-state index is -0.448. The monoisotopic (exact) mass is 463 g/mol. The number of aromatic nitrogens is 2. The Morgan fingerprint density at radius 3 is 2.81 bits per heavy atom. The van der Waals surface area contributed by atoms with E-state index in [0.717, 1.165) is 37.2 Å². The van der Waals surface area contributed by atoms with E-state index >= 15 is 0 Å².